The Morgan fingerprint density at radius 2 is 1.44 bits per heavy atom. The van der Waals surface area contributed by atoms with E-state index in [1.807, 2.05) is 0 Å². The molecule has 1 aliphatic carbocycles. The first kappa shape index (κ1) is 32.0. The Kier molecular flexibility index (Phi) is 10.1. The van der Waals surface area contributed by atoms with E-state index in [1.165, 1.54) is 13.8 Å². The summed E-state index contributed by atoms with van der Waals surface area (Å²) in [4.78, 5) is 71.1. The summed E-state index contributed by atoms with van der Waals surface area (Å²) in [6.45, 7) is 6.47. The minimum absolute atomic E-state index is 0.0730. The maximum atomic E-state index is 12.1. The van der Waals surface area contributed by atoms with Gasteiger partial charge in [0, 0.05) is 46.1 Å². The molecule has 3 aliphatic rings. The van der Waals surface area contributed by atoms with E-state index in [1.54, 1.807) is 0 Å². The van der Waals surface area contributed by atoms with Crippen LogP contribution in [0.25, 0.3) is 0 Å². The van der Waals surface area contributed by atoms with Gasteiger partial charge in [-0.2, -0.15) is 0 Å². The first-order valence-electron chi connectivity index (χ1n) is 12.8. The van der Waals surface area contributed by atoms with Gasteiger partial charge in [0.05, 0.1) is 12.2 Å². The van der Waals surface area contributed by atoms with Crippen LogP contribution in [0.15, 0.2) is 11.8 Å². The van der Waals surface area contributed by atoms with Crippen LogP contribution in [-0.4, -0.2) is 96.5 Å². The Balaban J connectivity index is 2.02. The summed E-state index contributed by atoms with van der Waals surface area (Å²) in [6.07, 6.45) is -7.94. The highest BCUT2D eigenvalue weighted by atomic mass is 16.8. The fraction of sp³-hybridized carbons (Fsp3) is 0.692. The fourth-order valence-electron chi connectivity index (χ4n) is 5.39. The van der Waals surface area contributed by atoms with Crippen molar-refractivity contribution in [1.82, 2.24) is 0 Å². The number of carbonyl (C=O) groups excluding carboxylic acids is 6. The average molecular weight is 587 g/mol. The predicted molar refractivity (Wildman–Crippen MR) is 130 cm³/mol. The molecule has 0 radical (unpaired) electrons. The van der Waals surface area contributed by atoms with Crippen molar-refractivity contribution in [1.29, 1.82) is 0 Å². The summed E-state index contributed by atoms with van der Waals surface area (Å²) in [5, 5.41) is 11.4. The van der Waals surface area contributed by atoms with Gasteiger partial charge < -0.3 is 43.0 Å². The molecule has 15 nitrogen and oxygen atoms in total. The standard InChI is InChI=1S/C26H34O15/c1-11(28)34-10-18-21(37-13(3)30)22(38-14(4)31)23(39-15(5)32)25(40-18)41-24-20-17(16(8-27)9-35-24)7-19(26(20,6)33)36-12(2)29/h8-9,17-25,33H,7,10H2,1-6H3/t17-,18-,19+,20-,21-,22+,23-,24+,25+,26+/m1/s1. The molecule has 1 saturated carbocycles. The molecule has 0 aromatic rings. The van der Waals surface area contributed by atoms with Gasteiger partial charge in [0.25, 0.3) is 0 Å². The number of aldehydes is 1. The molecule has 0 aromatic heterocycles. The van der Waals surface area contributed by atoms with Crippen molar-refractivity contribution in [2.75, 3.05) is 6.61 Å². The van der Waals surface area contributed by atoms with Crippen LogP contribution in [0.5, 0.6) is 0 Å². The maximum absolute atomic E-state index is 12.1. The van der Waals surface area contributed by atoms with Gasteiger partial charge in [-0.1, -0.05) is 0 Å². The Bertz CT molecular complexity index is 1080. The van der Waals surface area contributed by atoms with Crippen LogP contribution in [0.1, 0.15) is 48.0 Å². The summed E-state index contributed by atoms with van der Waals surface area (Å²) in [5.41, 5.74) is -1.58. The topological polar surface area (TPSA) is 196 Å². The zero-order valence-corrected chi connectivity index (χ0v) is 23.4. The fourth-order valence-corrected chi connectivity index (χ4v) is 5.39. The van der Waals surface area contributed by atoms with E-state index in [0.717, 1.165) is 34.0 Å². The van der Waals surface area contributed by atoms with Crippen LogP contribution in [-0.2, 0) is 66.7 Å². The van der Waals surface area contributed by atoms with Crippen LogP contribution in [0.2, 0.25) is 0 Å². The lowest BCUT2D eigenvalue weighted by Crippen LogP contribution is -2.64. The summed E-state index contributed by atoms with van der Waals surface area (Å²) < 4.78 is 44.2. The largest absolute Gasteiger partial charge is 0.472 e. The van der Waals surface area contributed by atoms with Crippen LogP contribution in [0.3, 0.4) is 0 Å². The van der Waals surface area contributed by atoms with E-state index >= 15 is 0 Å². The second-order valence-corrected chi connectivity index (χ2v) is 10.1. The van der Waals surface area contributed by atoms with E-state index in [0.29, 0.717) is 6.29 Å². The summed E-state index contributed by atoms with van der Waals surface area (Å²) >= 11 is 0. The molecule has 15 heteroatoms. The first-order valence-corrected chi connectivity index (χ1v) is 12.8. The summed E-state index contributed by atoms with van der Waals surface area (Å²) in [7, 11) is 0. The van der Waals surface area contributed by atoms with E-state index in [-0.39, 0.29) is 12.0 Å². The third-order valence-corrected chi connectivity index (χ3v) is 6.95. The second-order valence-electron chi connectivity index (χ2n) is 10.1. The Morgan fingerprint density at radius 1 is 0.878 bits per heavy atom. The number of hydrogen-bond acceptors (Lipinski definition) is 15. The molecule has 10 atom stereocenters. The van der Waals surface area contributed by atoms with Gasteiger partial charge in [0.2, 0.25) is 12.6 Å². The van der Waals surface area contributed by atoms with Gasteiger partial charge in [-0.25, -0.2) is 0 Å². The smallest absolute Gasteiger partial charge is 0.303 e. The lowest BCUT2D eigenvalue weighted by atomic mass is 9.81. The second kappa shape index (κ2) is 13.0. The molecule has 1 saturated heterocycles. The average Bonchev–Trinajstić information content (AvgIpc) is 3.10. The molecule has 41 heavy (non-hydrogen) atoms. The lowest BCUT2D eigenvalue weighted by Gasteiger charge is -2.46. The molecule has 2 aliphatic heterocycles. The molecule has 0 amide bonds. The van der Waals surface area contributed by atoms with E-state index < -0.39 is 97.0 Å². The van der Waals surface area contributed by atoms with Crippen LogP contribution in [0.4, 0.5) is 0 Å². The van der Waals surface area contributed by atoms with Crippen molar-refractivity contribution in [2.45, 2.75) is 96.7 Å². The molecule has 1 N–H and O–H groups in total. The summed E-state index contributed by atoms with van der Waals surface area (Å²) in [5.74, 6) is -5.47. The highest BCUT2D eigenvalue weighted by molar-refractivity contribution is 5.74. The SMILES string of the molecule is CC(=O)OC[C@H]1O[C@@H](O[C@@H]2OC=C(C=O)[C@H]3C[C@H](OC(C)=O)[C@](C)(O)[C@@H]23)[C@H](OC(C)=O)[C@@H](OC(C)=O)[C@@H]1OC(C)=O. The molecule has 228 valence electrons. The van der Waals surface area contributed by atoms with E-state index in [2.05, 4.69) is 0 Å². The monoisotopic (exact) mass is 586 g/mol. The molecule has 3 rings (SSSR count). The van der Waals surface area contributed by atoms with Gasteiger partial charge in [-0.15, -0.1) is 0 Å². The van der Waals surface area contributed by atoms with Gasteiger partial charge in [0.15, 0.2) is 18.3 Å². The number of fused-ring (bicyclic) bond motifs is 1. The Labute approximate surface area is 235 Å². The van der Waals surface area contributed by atoms with Crippen LogP contribution >= 0.6 is 0 Å². The third kappa shape index (κ3) is 7.40. The number of carbonyl (C=O) groups is 6. The molecular formula is C26H34O15. The number of hydrogen-bond donors (Lipinski definition) is 1. The van der Waals surface area contributed by atoms with Crippen LogP contribution < -0.4 is 0 Å². The minimum Gasteiger partial charge on any atom is -0.472 e. The van der Waals surface area contributed by atoms with Crippen molar-refractivity contribution in [3.05, 3.63) is 11.8 Å². The van der Waals surface area contributed by atoms with E-state index in [9.17, 15) is 33.9 Å². The van der Waals surface area contributed by atoms with Crippen molar-refractivity contribution in [3.8, 4) is 0 Å². The summed E-state index contributed by atoms with van der Waals surface area (Å²) in [6, 6.07) is 0. The van der Waals surface area contributed by atoms with Crippen LogP contribution in [0, 0.1) is 11.8 Å². The quantitative estimate of drug-likeness (QED) is 0.212. The van der Waals surface area contributed by atoms with Crippen molar-refractivity contribution < 1.29 is 71.8 Å². The van der Waals surface area contributed by atoms with Gasteiger partial charge in [0.1, 0.15) is 30.7 Å². The number of esters is 5. The Morgan fingerprint density at radius 3 is 1.98 bits per heavy atom. The van der Waals surface area contributed by atoms with Crippen molar-refractivity contribution >= 4 is 36.1 Å². The highest BCUT2D eigenvalue weighted by Gasteiger charge is 2.61. The first-order chi connectivity index (χ1) is 19.1. The zero-order chi connectivity index (χ0) is 30.6. The number of ether oxygens (including phenoxy) is 8. The minimum atomic E-state index is -1.76. The number of allylic oxidation sites excluding steroid dienone is 1. The molecule has 0 spiro atoms. The molecular weight excluding hydrogens is 552 g/mol. The molecule has 2 fully saturated rings. The maximum Gasteiger partial charge on any atom is 0.303 e. The van der Waals surface area contributed by atoms with Crippen molar-refractivity contribution in [2.24, 2.45) is 11.8 Å². The number of aliphatic hydroxyl groups is 1. The lowest BCUT2D eigenvalue weighted by molar-refractivity contribution is -0.349. The predicted octanol–water partition coefficient (Wildman–Crippen LogP) is -0.156. The number of rotatable bonds is 9. The van der Waals surface area contributed by atoms with Gasteiger partial charge in [-0.3, -0.25) is 28.8 Å². The Hall–Kier alpha value is -3.56. The zero-order valence-electron chi connectivity index (χ0n) is 23.4. The molecule has 0 aromatic carbocycles. The molecule has 0 unspecified atom stereocenters. The van der Waals surface area contributed by atoms with Crippen molar-refractivity contribution in [3.63, 3.8) is 0 Å². The third-order valence-electron chi connectivity index (χ3n) is 6.95. The molecule has 0 bridgehead atoms. The van der Waals surface area contributed by atoms with Gasteiger partial charge in [-0.05, 0) is 13.3 Å². The highest BCUT2D eigenvalue weighted by Crippen LogP contribution is 2.50. The normalized spacial score (nSPS) is 36.0. The van der Waals surface area contributed by atoms with Gasteiger partial charge >= 0.3 is 29.8 Å². The van der Waals surface area contributed by atoms with E-state index in [4.69, 9.17) is 37.9 Å². The molecule has 2 heterocycles.